The molecule has 0 spiro atoms. The van der Waals surface area contributed by atoms with Crippen LogP contribution in [0.4, 0.5) is 0 Å². The minimum Gasteiger partial charge on any atom is -0.241 e. The van der Waals surface area contributed by atoms with E-state index in [1.165, 1.54) is 30.5 Å². The molecule has 0 fully saturated rings. The van der Waals surface area contributed by atoms with Gasteiger partial charge in [-0.1, -0.05) is 33.6 Å². The van der Waals surface area contributed by atoms with Gasteiger partial charge in [0, 0.05) is 6.20 Å². The van der Waals surface area contributed by atoms with Crippen molar-refractivity contribution in [1.82, 2.24) is 9.97 Å². The molecule has 0 aliphatic heterocycles. The smallest absolute Gasteiger partial charge is 0.125 e. The summed E-state index contributed by atoms with van der Waals surface area (Å²) in [6.45, 7) is 8.65. The molecule has 1 atom stereocenters. The van der Waals surface area contributed by atoms with Crippen molar-refractivity contribution in [2.45, 2.75) is 59.3 Å². The van der Waals surface area contributed by atoms with E-state index in [4.69, 9.17) is 0 Å². The van der Waals surface area contributed by atoms with Crippen molar-refractivity contribution < 1.29 is 0 Å². The summed E-state index contributed by atoms with van der Waals surface area (Å²) in [5.41, 5.74) is 2.57. The predicted octanol–water partition coefficient (Wildman–Crippen LogP) is 3.64. The average Bonchev–Trinajstić information content (AvgIpc) is 2.25. The van der Waals surface area contributed by atoms with Gasteiger partial charge in [0.25, 0.3) is 0 Å². The molecule has 0 bridgehead atoms. The molecular weight excluding hydrogens is 184 g/mol. The van der Waals surface area contributed by atoms with Gasteiger partial charge in [0.1, 0.15) is 5.82 Å². The number of aromatic nitrogens is 2. The Kier molecular flexibility index (Phi) is 4.73. The fourth-order valence-corrected chi connectivity index (χ4v) is 1.86. The van der Waals surface area contributed by atoms with Crippen LogP contribution < -0.4 is 0 Å². The maximum absolute atomic E-state index is 4.59. The minimum atomic E-state index is 0.571. The normalized spacial score (nSPS) is 12.8. The van der Waals surface area contributed by atoms with Crippen molar-refractivity contribution in [1.29, 1.82) is 0 Å². The number of rotatable bonds is 5. The van der Waals surface area contributed by atoms with Crippen molar-refractivity contribution in [3.05, 3.63) is 23.3 Å². The molecule has 0 amide bonds. The van der Waals surface area contributed by atoms with Crippen LogP contribution in [0.3, 0.4) is 0 Å². The maximum atomic E-state index is 4.59. The van der Waals surface area contributed by atoms with Crippen molar-refractivity contribution in [3.8, 4) is 0 Å². The van der Waals surface area contributed by atoms with Crippen LogP contribution in [0.2, 0.25) is 0 Å². The van der Waals surface area contributed by atoms with Crippen LogP contribution in [0.1, 0.15) is 63.0 Å². The van der Waals surface area contributed by atoms with Gasteiger partial charge in [-0.05, 0) is 31.2 Å². The lowest BCUT2D eigenvalue weighted by Gasteiger charge is -2.14. The van der Waals surface area contributed by atoms with E-state index in [1.54, 1.807) is 0 Å². The molecule has 0 N–H and O–H groups in total. The van der Waals surface area contributed by atoms with Gasteiger partial charge in [0.05, 0.1) is 5.69 Å². The molecule has 0 radical (unpaired) electrons. The molecular formula is C13H22N2. The van der Waals surface area contributed by atoms with E-state index >= 15 is 0 Å². The first-order valence-corrected chi connectivity index (χ1v) is 6.01. The van der Waals surface area contributed by atoms with Gasteiger partial charge in [0.2, 0.25) is 0 Å². The molecule has 1 unspecified atom stereocenters. The van der Waals surface area contributed by atoms with Crippen LogP contribution in [0.15, 0.2) is 6.20 Å². The lowest BCUT2D eigenvalue weighted by molar-refractivity contribution is 0.602. The second-order valence-electron chi connectivity index (χ2n) is 4.22. The predicted molar refractivity (Wildman–Crippen MR) is 64.1 cm³/mol. The maximum Gasteiger partial charge on any atom is 0.125 e. The molecule has 1 aromatic heterocycles. The van der Waals surface area contributed by atoms with E-state index in [0.29, 0.717) is 5.92 Å². The highest BCUT2D eigenvalue weighted by molar-refractivity contribution is 5.20. The monoisotopic (exact) mass is 206 g/mol. The van der Waals surface area contributed by atoms with Crippen LogP contribution in [-0.4, -0.2) is 9.97 Å². The van der Waals surface area contributed by atoms with Crippen molar-refractivity contribution in [3.63, 3.8) is 0 Å². The lowest BCUT2D eigenvalue weighted by atomic mass is 9.96. The Hall–Kier alpha value is -0.920. The Morgan fingerprint density at radius 2 is 2.07 bits per heavy atom. The first kappa shape index (κ1) is 12.2. The quantitative estimate of drug-likeness (QED) is 0.735. The van der Waals surface area contributed by atoms with E-state index in [-0.39, 0.29) is 0 Å². The van der Waals surface area contributed by atoms with Crippen LogP contribution in [-0.2, 0) is 6.42 Å². The van der Waals surface area contributed by atoms with Crippen molar-refractivity contribution in [2.24, 2.45) is 0 Å². The van der Waals surface area contributed by atoms with Gasteiger partial charge in [-0.3, -0.25) is 0 Å². The molecule has 15 heavy (non-hydrogen) atoms. The third-order valence-corrected chi connectivity index (χ3v) is 2.86. The number of aryl methyl sites for hydroxylation is 2. The molecule has 1 heterocycles. The molecule has 0 saturated carbocycles. The zero-order valence-corrected chi connectivity index (χ0v) is 10.4. The zero-order valence-electron chi connectivity index (χ0n) is 10.4. The topological polar surface area (TPSA) is 25.8 Å². The first-order chi connectivity index (χ1) is 7.19. The summed E-state index contributed by atoms with van der Waals surface area (Å²) in [4.78, 5) is 8.85. The highest BCUT2D eigenvalue weighted by atomic mass is 14.9. The third-order valence-electron chi connectivity index (χ3n) is 2.86. The molecule has 1 rings (SSSR count). The summed E-state index contributed by atoms with van der Waals surface area (Å²) in [6, 6.07) is 0. The summed E-state index contributed by atoms with van der Waals surface area (Å²) >= 11 is 0. The summed E-state index contributed by atoms with van der Waals surface area (Å²) in [5.74, 6) is 1.46. The Balaban J connectivity index is 2.85. The van der Waals surface area contributed by atoms with Gasteiger partial charge in [0.15, 0.2) is 0 Å². The summed E-state index contributed by atoms with van der Waals surface area (Å²) in [7, 11) is 0. The van der Waals surface area contributed by atoms with E-state index in [1.807, 2.05) is 13.1 Å². The Labute approximate surface area is 93.2 Å². The van der Waals surface area contributed by atoms with Gasteiger partial charge < -0.3 is 0 Å². The fourth-order valence-electron chi connectivity index (χ4n) is 1.86. The molecule has 0 aliphatic rings. The Morgan fingerprint density at radius 1 is 1.33 bits per heavy atom. The highest BCUT2D eigenvalue weighted by Gasteiger charge is 2.11. The van der Waals surface area contributed by atoms with E-state index in [9.17, 15) is 0 Å². The molecule has 0 aromatic carbocycles. The zero-order chi connectivity index (χ0) is 11.3. The number of hydrogen-bond donors (Lipinski definition) is 0. The summed E-state index contributed by atoms with van der Waals surface area (Å²) in [5, 5.41) is 0. The van der Waals surface area contributed by atoms with E-state index in [2.05, 4.69) is 30.7 Å². The van der Waals surface area contributed by atoms with Crippen LogP contribution in [0.25, 0.3) is 0 Å². The van der Waals surface area contributed by atoms with Gasteiger partial charge in [-0.25, -0.2) is 9.97 Å². The van der Waals surface area contributed by atoms with Crippen LogP contribution >= 0.6 is 0 Å². The second-order valence-corrected chi connectivity index (χ2v) is 4.22. The van der Waals surface area contributed by atoms with E-state index in [0.717, 1.165) is 12.2 Å². The van der Waals surface area contributed by atoms with Crippen LogP contribution in [0, 0.1) is 6.92 Å². The Morgan fingerprint density at radius 3 is 2.67 bits per heavy atom. The molecule has 84 valence electrons. The second kappa shape index (κ2) is 5.84. The van der Waals surface area contributed by atoms with Gasteiger partial charge in [-0.15, -0.1) is 0 Å². The minimum absolute atomic E-state index is 0.571. The Bertz CT molecular complexity index is 307. The molecule has 0 saturated heterocycles. The SMILES string of the molecule is CCCCC(C)c1nc(C)ncc1CC. The van der Waals surface area contributed by atoms with Crippen LogP contribution in [0.5, 0.6) is 0 Å². The van der Waals surface area contributed by atoms with Gasteiger partial charge in [-0.2, -0.15) is 0 Å². The summed E-state index contributed by atoms with van der Waals surface area (Å²) < 4.78 is 0. The fraction of sp³-hybridized carbons (Fsp3) is 0.692. The standard InChI is InChI=1S/C13H22N2/c1-5-7-8-10(3)13-12(6-2)9-14-11(4)15-13/h9-10H,5-8H2,1-4H3. The number of unbranched alkanes of at least 4 members (excludes halogenated alkanes) is 1. The molecule has 0 aliphatic carbocycles. The molecule has 1 aromatic rings. The summed E-state index contributed by atoms with van der Waals surface area (Å²) in [6.07, 6.45) is 6.80. The number of nitrogens with zero attached hydrogens (tertiary/aromatic N) is 2. The average molecular weight is 206 g/mol. The molecule has 2 nitrogen and oxygen atoms in total. The third kappa shape index (κ3) is 3.29. The highest BCUT2D eigenvalue weighted by Crippen LogP contribution is 2.22. The van der Waals surface area contributed by atoms with Gasteiger partial charge >= 0.3 is 0 Å². The largest absolute Gasteiger partial charge is 0.241 e. The lowest BCUT2D eigenvalue weighted by Crippen LogP contribution is -2.05. The van der Waals surface area contributed by atoms with Crippen molar-refractivity contribution >= 4 is 0 Å². The van der Waals surface area contributed by atoms with Crippen molar-refractivity contribution in [2.75, 3.05) is 0 Å². The van der Waals surface area contributed by atoms with E-state index < -0.39 is 0 Å². The number of hydrogen-bond acceptors (Lipinski definition) is 2. The first-order valence-electron chi connectivity index (χ1n) is 6.01. The molecule has 2 heteroatoms.